The number of rotatable bonds is 5. The average molecular weight is 500 g/mol. The number of methoxy groups -OCH3 is 2. The highest BCUT2D eigenvalue weighted by atomic mass is 16.5. The molecule has 0 spiro atoms. The minimum absolute atomic E-state index is 0.0143. The van der Waals surface area contributed by atoms with E-state index in [9.17, 15) is 14.7 Å². The van der Waals surface area contributed by atoms with E-state index in [1.807, 2.05) is 77.1 Å². The Labute approximate surface area is 218 Å². The number of carbonyl (C=O) groups is 2. The molecule has 1 N–H and O–H groups in total. The number of hydrogen-bond acceptors (Lipinski definition) is 5. The van der Waals surface area contributed by atoms with Crippen molar-refractivity contribution in [3.05, 3.63) is 94.1 Å². The Kier molecular flexibility index (Phi) is 6.87. The number of hydrogen-bond donors (Lipinski definition) is 1. The highest BCUT2D eigenvalue weighted by Crippen LogP contribution is 2.46. The Morgan fingerprint density at radius 2 is 1.57 bits per heavy atom. The fourth-order valence-electron chi connectivity index (χ4n) is 4.84. The first-order chi connectivity index (χ1) is 17.5. The third-order valence-corrected chi connectivity index (χ3v) is 6.78. The van der Waals surface area contributed by atoms with Crippen LogP contribution in [0.1, 0.15) is 54.6 Å². The van der Waals surface area contributed by atoms with Crippen LogP contribution in [0.4, 0.5) is 5.69 Å². The molecule has 0 saturated carbocycles. The number of nitrogens with zero attached hydrogens (tertiary/aromatic N) is 1. The average Bonchev–Trinajstić information content (AvgIpc) is 3.14. The molecule has 192 valence electrons. The Morgan fingerprint density at radius 3 is 2.22 bits per heavy atom. The largest absolute Gasteiger partial charge is 0.507 e. The topological polar surface area (TPSA) is 76.1 Å². The van der Waals surface area contributed by atoms with E-state index < -0.39 is 17.7 Å². The standard InChI is InChI=1S/C31H33NO5/c1-18-12-13-19(2)23(16-18)32-27(21-10-8-9-11-24(21)36-6)26(29(34)30(32)35)28(33)20-14-15-25(37-7)22(17-20)31(3,4)5/h8-17,27,33H,1-7H3/b28-26+. The van der Waals surface area contributed by atoms with Crippen molar-refractivity contribution in [1.29, 1.82) is 0 Å². The van der Waals surface area contributed by atoms with Crippen LogP contribution in [0.5, 0.6) is 11.5 Å². The molecule has 1 aliphatic heterocycles. The quantitative estimate of drug-likeness (QED) is 0.255. The molecular weight excluding hydrogens is 466 g/mol. The number of para-hydroxylation sites is 1. The lowest BCUT2D eigenvalue weighted by Gasteiger charge is -2.28. The van der Waals surface area contributed by atoms with Gasteiger partial charge >= 0.3 is 0 Å². The molecule has 3 aromatic rings. The number of anilines is 1. The van der Waals surface area contributed by atoms with Gasteiger partial charge < -0.3 is 14.6 Å². The summed E-state index contributed by atoms with van der Waals surface area (Å²) in [5.74, 6) is -0.491. The summed E-state index contributed by atoms with van der Waals surface area (Å²) in [5.41, 5.74) is 4.05. The van der Waals surface area contributed by atoms with Gasteiger partial charge in [-0.25, -0.2) is 0 Å². The van der Waals surface area contributed by atoms with Crippen LogP contribution in [-0.2, 0) is 15.0 Å². The van der Waals surface area contributed by atoms with Crippen molar-refractivity contribution in [2.75, 3.05) is 19.1 Å². The van der Waals surface area contributed by atoms with Crippen LogP contribution in [0, 0.1) is 13.8 Å². The Balaban J connectivity index is 2.03. The summed E-state index contributed by atoms with van der Waals surface area (Å²) >= 11 is 0. The maximum Gasteiger partial charge on any atom is 0.300 e. The van der Waals surface area contributed by atoms with Crippen molar-refractivity contribution in [2.45, 2.75) is 46.1 Å². The predicted octanol–water partition coefficient (Wildman–Crippen LogP) is 6.24. The van der Waals surface area contributed by atoms with E-state index in [0.29, 0.717) is 28.3 Å². The van der Waals surface area contributed by atoms with Crippen LogP contribution in [0.15, 0.2) is 66.2 Å². The van der Waals surface area contributed by atoms with E-state index in [0.717, 1.165) is 16.7 Å². The number of Topliss-reactive ketones (excluding diaryl/α,β-unsaturated/α-hetero) is 1. The van der Waals surface area contributed by atoms with Crippen molar-refractivity contribution < 1.29 is 24.2 Å². The number of aliphatic hydroxyl groups excluding tert-OH is 1. The number of ketones is 1. The molecule has 37 heavy (non-hydrogen) atoms. The van der Waals surface area contributed by atoms with Crippen LogP contribution < -0.4 is 14.4 Å². The normalized spacial score (nSPS) is 17.3. The number of aryl methyl sites for hydroxylation is 2. The molecule has 0 radical (unpaired) electrons. The second-order valence-corrected chi connectivity index (χ2v) is 10.4. The van der Waals surface area contributed by atoms with E-state index >= 15 is 0 Å². The summed E-state index contributed by atoms with van der Waals surface area (Å²) in [4.78, 5) is 28.7. The lowest BCUT2D eigenvalue weighted by Crippen LogP contribution is -2.30. The molecule has 6 nitrogen and oxygen atoms in total. The lowest BCUT2D eigenvalue weighted by molar-refractivity contribution is -0.132. The van der Waals surface area contributed by atoms with E-state index in [1.54, 1.807) is 32.4 Å². The summed E-state index contributed by atoms with van der Waals surface area (Å²) in [5, 5.41) is 11.6. The van der Waals surface area contributed by atoms with Crippen LogP contribution in [0.25, 0.3) is 5.76 Å². The summed E-state index contributed by atoms with van der Waals surface area (Å²) in [6.07, 6.45) is 0. The van der Waals surface area contributed by atoms with Crippen molar-refractivity contribution >= 4 is 23.1 Å². The zero-order valence-corrected chi connectivity index (χ0v) is 22.4. The second-order valence-electron chi connectivity index (χ2n) is 10.4. The van der Waals surface area contributed by atoms with Gasteiger partial charge in [0, 0.05) is 22.4 Å². The maximum absolute atomic E-state index is 13.6. The van der Waals surface area contributed by atoms with Crippen molar-refractivity contribution in [2.24, 2.45) is 0 Å². The fraction of sp³-hybridized carbons (Fsp3) is 0.290. The van der Waals surface area contributed by atoms with Crippen LogP contribution in [-0.4, -0.2) is 31.0 Å². The van der Waals surface area contributed by atoms with Gasteiger partial charge in [-0.1, -0.05) is 51.1 Å². The van der Waals surface area contributed by atoms with Gasteiger partial charge in [0.2, 0.25) is 0 Å². The molecule has 4 rings (SSSR count). The van der Waals surface area contributed by atoms with Gasteiger partial charge in [0.25, 0.3) is 11.7 Å². The molecule has 6 heteroatoms. The number of benzene rings is 3. The third kappa shape index (κ3) is 4.59. The number of amides is 1. The molecule has 0 aromatic heterocycles. The van der Waals surface area contributed by atoms with Crippen LogP contribution in [0.2, 0.25) is 0 Å². The minimum Gasteiger partial charge on any atom is -0.507 e. The maximum atomic E-state index is 13.6. The first kappa shape index (κ1) is 26.0. The second kappa shape index (κ2) is 9.77. The van der Waals surface area contributed by atoms with E-state index in [4.69, 9.17) is 9.47 Å². The van der Waals surface area contributed by atoms with Crippen LogP contribution >= 0.6 is 0 Å². The van der Waals surface area contributed by atoms with Gasteiger partial charge in [-0.05, 0) is 60.7 Å². The molecule has 3 aromatic carbocycles. The summed E-state index contributed by atoms with van der Waals surface area (Å²) in [6, 6.07) is 17.4. The lowest BCUT2D eigenvalue weighted by atomic mass is 9.84. The number of carbonyl (C=O) groups excluding carboxylic acids is 2. The van der Waals surface area contributed by atoms with Crippen molar-refractivity contribution in [3.8, 4) is 11.5 Å². The molecule has 1 saturated heterocycles. The van der Waals surface area contributed by atoms with Gasteiger partial charge in [-0.15, -0.1) is 0 Å². The molecule has 1 atom stereocenters. The smallest absolute Gasteiger partial charge is 0.300 e. The SMILES string of the molecule is COc1ccccc1C1/C(=C(\O)c2ccc(OC)c(C(C)(C)C)c2)C(=O)C(=O)N1c1cc(C)ccc1C. The van der Waals surface area contributed by atoms with Gasteiger partial charge in [-0.2, -0.15) is 0 Å². The fourth-order valence-corrected chi connectivity index (χ4v) is 4.84. The van der Waals surface area contributed by atoms with E-state index in [-0.39, 0.29) is 16.7 Å². The zero-order valence-electron chi connectivity index (χ0n) is 22.4. The van der Waals surface area contributed by atoms with E-state index in [1.165, 1.54) is 4.90 Å². The predicted molar refractivity (Wildman–Crippen MR) is 145 cm³/mol. The number of aliphatic hydroxyl groups is 1. The van der Waals surface area contributed by atoms with Gasteiger partial charge in [0.05, 0.1) is 25.8 Å². The minimum atomic E-state index is -0.878. The molecule has 1 heterocycles. The molecule has 1 unspecified atom stereocenters. The molecule has 0 aliphatic carbocycles. The van der Waals surface area contributed by atoms with Crippen molar-refractivity contribution in [1.82, 2.24) is 0 Å². The zero-order chi connectivity index (χ0) is 27.1. The summed E-state index contributed by atoms with van der Waals surface area (Å²) in [7, 11) is 3.14. The highest BCUT2D eigenvalue weighted by Gasteiger charge is 2.48. The summed E-state index contributed by atoms with van der Waals surface area (Å²) < 4.78 is 11.2. The third-order valence-electron chi connectivity index (χ3n) is 6.78. The van der Waals surface area contributed by atoms with E-state index in [2.05, 4.69) is 0 Å². The Hall–Kier alpha value is -4.06. The molecule has 0 bridgehead atoms. The molecule has 1 aliphatic rings. The monoisotopic (exact) mass is 499 g/mol. The van der Waals surface area contributed by atoms with Gasteiger partial charge in [0.15, 0.2) is 0 Å². The molecule has 1 fully saturated rings. The summed E-state index contributed by atoms with van der Waals surface area (Å²) in [6.45, 7) is 9.96. The Morgan fingerprint density at radius 1 is 0.892 bits per heavy atom. The van der Waals surface area contributed by atoms with Gasteiger partial charge in [0.1, 0.15) is 17.3 Å². The first-order valence-electron chi connectivity index (χ1n) is 12.2. The first-order valence-corrected chi connectivity index (χ1v) is 12.2. The Bertz CT molecular complexity index is 1410. The van der Waals surface area contributed by atoms with Crippen LogP contribution in [0.3, 0.4) is 0 Å². The highest BCUT2D eigenvalue weighted by molar-refractivity contribution is 6.51. The number of ether oxygens (including phenoxy) is 2. The molecule has 1 amide bonds. The van der Waals surface area contributed by atoms with Gasteiger partial charge in [-0.3, -0.25) is 14.5 Å². The molecular formula is C31H33NO5. The van der Waals surface area contributed by atoms with Crippen molar-refractivity contribution in [3.63, 3.8) is 0 Å².